The van der Waals surface area contributed by atoms with Crippen molar-refractivity contribution in [2.45, 2.75) is 22.9 Å². The van der Waals surface area contributed by atoms with Gasteiger partial charge in [0.15, 0.2) is 0 Å². The zero-order chi connectivity index (χ0) is 12.5. The van der Waals surface area contributed by atoms with Crippen molar-refractivity contribution in [3.8, 4) is 5.75 Å². The molecule has 1 fully saturated rings. The number of rotatable bonds is 3. The lowest BCUT2D eigenvalue weighted by Crippen LogP contribution is -2.61. The molecule has 0 spiro atoms. The highest BCUT2D eigenvalue weighted by molar-refractivity contribution is 8.00. The number of nitrogens with one attached hydrogen (secondary N) is 1. The third kappa shape index (κ3) is 3.54. The van der Waals surface area contributed by atoms with Crippen molar-refractivity contribution < 1.29 is 17.9 Å². The summed E-state index contributed by atoms with van der Waals surface area (Å²) in [5.74, 6) is 0.475. The highest BCUT2D eigenvalue weighted by Crippen LogP contribution is 2.38. The lowest BCUT2D eigenvalue weighted by atomic mass is 10.00. The second kappa shape index (κ2) is 4.42. The van der Waals surface area contributed by atoms with Gasteiger partial charge in [-0.05, 0) is 36.9 Å². The normalized spacial score (nSPS) is 18.6. The van der Waals surface area contributed by atoms with Crippen molar-refractivity contribution in [2.24, 2.45) is 0 Å². The van der Waals surface area contributed by atoms with Crippen LogP contribution in [0.5, 0.6) is 5.75 Å². The molecule has 0 aromatic heterocycles. The Hall–Kier alpha value is -0.880. The van der Waals surface area contributed by atoms with Gasteiger partial charge in [-0.2, -0.15) is 13.2 Å². The summed E-state index contributed by atoms with van der Waals surface area (Å²) in [6.07, 6.45) is 0. The fourth-order valence-electron chi connectivity index (χ4n) is 1.57. The predicted molar refractivity (Wildman–Crippen MR) is 60.3 cm³/mol. The predicted octanol–water partition coefficient (Wildman–Crippen LogP) is 3.04. The molecule has 0 aliphatic carbocycles. The zero-order valence-corrected chi connectivity index (χ0v) is 9.99. The molecule has 17 heavy (non-hydrogen) atoms. The van der Waals surface area contributed by atoms with Crippen molar-refractivity contribution >= 4 is 11.8 Å². The largest absolute Gasteiger partial charge is 0.485 e. The highest BCUT2D eigenvalue weighted by Gasteiger charge is 2.34. The SMILES string of the molecule is CC1(Oc2cccc(SC(F)(F)F)c2)CNC1. The van der Waals surface area contributed by atoms with Crippen LogP contribution >= 0.6 is 11.8 Å². The average molecular weight is 263 g/mol. The van der Waals surface area contributed by atoms with Gasteiger partial charge >= 0.3 is 5.51 Å². The van der Waals surface area contributed by atoms with Gasteiger partial charge in [0.1, 0.15) is 11.4 Å². The Bertz CT molecular complexity index is 404. The van der Waals surface area contributed by atoms with Gasteiger partial charge in [0.25, 0.3) is 0 Å². The molecule has 1 aromatic rings. The number of benzene rings is 1. The molecule has 6 heteroatoms. The maximum absolute atomic E-state index is 12.2. The minimum atomic E-state index is -4.26. The van der Waals surface area contributed by atoms with E-state index in [9.17, 15) is 13.2 Å². The van der Waals surface area contributed by atoms with Crippen LogP contribution in [0.15, 0.2) is 29.2 Å². The van der Waals surface area contributed by atoms with E-state index >= 15 is 0 Å². The fourth-order valence-corrected chi connectivity index (χ4v) is 2.16. The van der Waals surface area contributed by atoms with E-state index in [1.54, 1.807) is 12.1 Å². The van der Waals surface area contributed by atoms with Crippen LogP contribution < -0.4 is 10.1 Å². The molecule has 0 bridgehead atoms. The van der Waals surface area contributed by atoms with Crippen LogP contribution in [0.3, 0.4) is 0 Å². The van der Waals surface area contributed by atoms with Crippen molar-refractivity contribution in [3.63, 3.8) is 0 Å². The molecule has 1 aromatic carbocycles. The number of alkyl halides is 3. The van der Waals surface area contributed by atoms with Gasteiger partial charge < -0.3 is 10.1 Å². The number of hydrogen-bond acceptors (Lipinski definition) is 3. The van der Waals surface area contributed by atoms with Gasteiger partial charge in [-0.3, -0.25) is 0 Å². The van der Waals surface area contributed by atoms with Crippen molar-refractivity contribution in [1.29, 1.82) is 0 Å². The summed E-state index contributed by atoms with van der Waals surface area (Å²) in [5, 5.41) is 3.06. The molecule has 0 radical (unpaired) electrons. The van der Waals surface area contributed by atoms with Gasteiger partial charge in [0.2, 0.25) is 0 Å². The van der Waals surface area contributed by atoms with Gasteiger partial charge in [-0.25, -0.2) is 0 Å². The number of ether oxygens (including phenoxy) is 1. The lowest BCUT2D eigenvalue weighted by Gasteiger charge is -2.39. The maximum Gasteiger partial charge on any atom is 0.446 e. The molecule has 1 saturated heterocycles. The number of hydrogen-bond donors (Lipinski definition) is 1. The summed E-state index contributed by atoms with van der Waals surface area (Å²) in [6, 6.07) is 6.08. The Morgan fingerprint density at radius 2 is 2.06 bits per heavy atom. The van der Waals surface area contributed by atoms with E-state index in [1.807, 2.05) is 6.92 Å². The monoisotopic (exact) mass is 263 g/mol. The first-order valence-electron chi connectivity index (χ1n) is 5.12. The van der Waals surface area contributed by atoms with E-state index in [4.69, 9.17) is 4.74 Å². The minimum Gasteiger partial charge on any atom is -0.485 e. The Morgan fingerprint density at radius 1 is 1.35 bits per heavy atom. The summed E-state index contributed by atoms with van der Waals surface area (Å²) in [7, 11) is 0. The second-order valence-corrected chi connectivity index (χ2v) is 5.32. The average Bonchev–Trinajstić information content (AvgIpc) is 2.13. The summed E-state index contributed by atoms with van der Waals surface area (Å²) < 4.78 is 42.3. The van der Waals surface area contributed by atoms with Crippen LogP contribution in [0.25, 0.3) is 0 Å². The molecule has 2 rings (SSSR count). The fraction of sp³-hybridized carbons (Fsp3) is 0.455. The molecule has 0 atom stereocenters. The third-order valence-corrected chi connectivity index (χ3v) is 3.12. The quantitative estimate of drug-likeness (QED) is 0.847. The molecule has 2 nitrogen and oxygen atoms in total. The van der Waals surface area contributed by atoms with Crippen LogP contribution in [0.2, 0.25) is 0 Å². The van der Waals surface area contributed by atoms with Crippen LogP contribution in [-0.4, -0.2) is 24.2 Å². The Kier molecular flexibility index (Phi) is 3.27. The maximum atomic E-state index is 12.2. The van der Waals surface area contributed by atoms with Gasteiger partial charge in [-0.1, -0.05) is 6.07 Å². The Morgan fingerprint density at radius 3 is 2.59 bits per heavy atom. The summed E-state index contributed by atoms with van der Waals surface area (Å²) >= 11 is -0.129. The van der Waals surface area contributed by atoms with E-state index < -0.39 is 5.51 Å². The number of halogens is 3. The first-order valence-corrected chi connectivity index (χ1v) is 5.94. The summed E-state index contributed by atoms with van der Waals surface area (Å²) in [4.78, 5) is 0.144. The lowest BCUT2D eigenvalue weighted by molar-refractivity contribution is -0.0328. The molecular formula is C11H12F3NOS. The molecule has 1 heterocycles. The first-order chi connectivity index (χ1) is 7.86. The second-order valence-electron chi connectivity index (χ2n) is 4.18. The van der Waals surface area contributed by atoms with Gasteiger partial charge in [0, 0.05) is 18.0 Å². The van der Waals surface area contributed by atoms with Crippen LogP contribution in [-0.2, 0) is 0 Å². The topological polar surface area (TPSA) is 21.3 Å². The van der Waals surface area contributed by atoms with E-state index in [0.717, 1.165) is 0 Å². The van der Waals surface area contributed by atoms with Crippen molar-refractivity contribution in [1.82, 2.24) is 5.32 Å². The molecule has 0 saturated carbocycles. The third-order valence-electron chi connectivity index (χ3n) is 2.40. The molecular weight excluding hydrogens is 251 g/mol. The van der Waals surface area contributed by atoms with E-state index in [1.165, 1.54) is 12.1 Å². The number of thioether (sulfide) groups is 1. The van der Waals surface area contributed by atoms with E-state index in [2.05, 4.69) is 5.32 Å². The van der Waals surface area contributed by atoms with Crippen molar-refractivity contribution in [2.75, 3.05) is 13.1 Å². The van der Waals surface area contributed by atoms with E-state index in [0.29, 0.717) is 18.8 Å². The molecule has 0 amide bonds. The zero-order valence-electron chi connectivity index (χ0n) is 9.17. The van der Waals surface area contributed by atoms with Crippen molar-refractivity contribution in [3.05, 3.63) is 24.3 Å². The van der Waals surface area contributed by atoms with Crippen LogP contribution in [0.1, 0.15) is 6.92 Å². The standard InChI is InChI=1S/C11H12F3NOS/c1-10(6-15-7-10)16-8-3-2-4-9(5-8)17-11(12,13)14/h2-5,15H,6-7H2,1H3. The van der Waals surface area contributed by atoms with Crippen LogP contribution in [0.4, 0.5) is 13.2 Å². The van der Waals surface area contributed by atoms with Gasteiger partial charge in [0.05, 0.1) is 0 Å². The highest BCUT2D eigenvalue weighted by atomic mass is 32.2. The molecule has 0 unspecified atom stereocenters. The Balaban J connectivity index is 2.06. The van der Waals surface area contributed by atoms with Crippen LogP contribution in [0, 0.1) is 0 Å². The minimum absolute atomic E-state index is 0.129. The smallest absolute Gasteiger partial charge is 0.446 e. The molecule has 94 valence electrons. The van der Waals surface area contributed by atoms with E-state index in [-0.39, 0.29) is 22.3 Å². The summed E-state index contributed by atoms with van der Waals surface area (Å²) in [5.41, 5.74) is -4.57. The van der Waals surface area contributed by atoms with Gasteiger partial charge in [-0.15, -0.1) is 0 Å². The first kappa shape index (κ1) is 12.6. The molecule has 1 N–H and O–H groups in total. The molecule has 1 aliphatic heterocycles. The Labute approximate surface area is 102 Å². The summed E-state index contributed by atoms with van der Waals surface area (Å²) in [6.45, 7) is 3.35. The molecule has 1 aliphatic rings.